The molecule has 0 spiro atoms. The van der Waals surface area contributed by atoms with Crippen molar-refractivity contribution in [3.8, 4) is 34.2 Å². The van der Waals surface area contributed by atoms with E-state index in [1.807, 2.05) is 0 Å². The van der Waals surface area contributed by atoms with Crippen molar-refractivity contribution in [1.82, 2.24) is 19.1 Å². The zero-order valence-corrected chi connectivity index (χ0v) is 33.0. The predicted molar refractivity (Wildman–Crippen MR) is 239 cm³/mol. The third kappa shape index (κ3) is 4.50. The molecule has 0 radical (unpaired) electrons. The Bertz CT molecular complexity index is 3290. The SMILES string of the molecule is c1ccc(-c2nc(-n3c4ccccc4c4ccc5c6ccccc6n(-c6ccccc6)c5c43)nc3[c]2[Ge]([c]2ccccc2)([c]2ccccc2)[c]2ccccc2-3)cc1. The fourth-order valence-electron chi connectivity index (χ4n) is 9.75. The van der Waals surface area contributed by atoms with E-state index in [9.17, 15) is 0 Å². The van der Waals surface area contributed by atoms with Crippen molar-refractivity contribution < 1.29 is 0 Å². The molecule has 0 saturated heterocycles. The molecule has 0 fully saturated rings. The number of nitrogens with zero attached hydrogens (tertiary/aromatic N) is 4. The summed E-state index contributed by atoms with van der Waals surface area (Å²) in [6.45, 7) is 0. The van der Waals surface area contributed by atoms with Crippen LogP contribution in [0.2, 0.25) is 0 Å². The van der Waals surface area contributed by atoms with E-state index in [4.69, 9.17) is 9.97 Å². The Hall–Kier alpha value is -7.02. The van der Waals surface area contributed by atoms with E-state index in [1.165, 1.54) is 50.2 Å². The second kappa shape index (κ2) is 12.5. The molecule has 57 heavy (non-hydrogen) atoms. The molecule has 0 amide bonds. The van der Waals surface area contributed by atoms with Crippen LogP contribution in [0, 0.1) is 0 Å². The van der Waals surface area contributed by atoms with Crippen LogP contribution in [0.5, 0.6) is 0 Å². The van der Waals surface area contributed by atoms with E-state index < -0.39 is 13.3 Å². The van der Waals surface area contributed by atoms with Gasteiger partial charge in [-0.05, 0) is 0 Å². The van der Waals surface area contributed by atoms with Gasteiger partial charge in [0.25, 0.3) is 0 Å². The summed E-state index contributed by atoms with van der Waals surface area (Å²) in [6, 6.07) is 75.0. The van der Waals surface area contributed by atoms with Gasteiger partial charge >= 0.3 is 334 Å². The second-order valence-electron chi connectivity index (χ2n) is 14.9. The monoisotopic (exact) mass is 788 g/mol. The molecule has 0 saturated carbocycles. The van der Waals surface area contributed by atoms with E-state index in [0.717, 1.165) is 39.2 Å². The standard InChI is InChI=1S/C52H34GeN4/c1-5-19-35(20-6-1)48-47-49(43-29-13-16-30-44(43)53(47,36-21-7-2-8-22-36)37-23-9-3-10-24-37)55-52(54-48)57-46-32-18-15-28-40(46)42-34-33-41-39-27-14-17-31-45(39)56(50(41)51(42)57)38-25-11-4-12-26-38/h1-34H. The van der Waals surface area contributed by atoms with Crippen LogP contribution in [0.4, 0.5) is 0 Å². The Morgan fingerprint density at radius 3 is 1.47 bits per heavy atom. The number of rotatable bonds is 5. The van der Waals surface area contributed by atoms with Gasteiger partial charge in [-0.15, -0.1) is 0 Å². The minimum atomic E-state index is -3.72. The average Bonchev–Trinajstić information content (AvgIpc) is 3.92. The van der Waals surface area contributed by atoms with E-state index in [1.54, 1.807) is 0 Å². The second-order valence-corrected chi connectivity index (χ2v) is 22.6. The molecule has 0 bridgehead atoms. The van der Waals surface area contributed by atoms with E-state index in [0.29, 0.717) is 5.95 Å². The zero-order valence-electron chi connectivity index (χ0n) is 30.9. The molecule has 3 aromatic heterocycles. The van der Waals surface area contributed by atoms with Gasteiger partial charge in [0, 0.05) is 0 Å². The number of aromatic nitrogens is 4. The van der Waals surface area contributed by atoms with Gasteiger partial charge in [0.1, 0.15) is 0 Å². The van der Waals surface area contributed by atoms with E-state index in [-0.39, 0.29) is 0 Å². The van der Waals surface area contributed by atoms with Crippen LogP contribution in [0.3, 0.4) is 0 Å². The topological polar surface area (TPSA) is 35.6 Å². The van der Waals surface area contributed by atoms with E-state index in [2.05, 4.69) is 215 Å². The molecule has 0 atom stereocenters. The summed E-state index contributed by atoms with van der Waals surface area (Å²) in [6.07, 6.45) is 0. The Balaban J connectivity index is 1.29. The molecule has 266 valence electrons. The summed E-state index contributed by atoms with van der Waals surface area (Å²) in [7, 11) is 0. The normalized spacial score (nSPS) is 13.1. The summed E-state index contributed by atoms with van der Waals surface area (Å²) >= 11 is -3.72. The first-order valence-electron chi connectivity index (χ1n) is 19.5. The summed E-state index contributed by atoms with van der Waals surface area (Å²) in [5, 5.41) is 4.76. The molecule has 4 nitrogen and oxygen atoms in total. The molecule has 12 rings (SSSR count). The first kappa shape index (κ1) is 32.2. The number of hydrogen-bond donors (Lipinski definition) is 0. The van der Waals surface area contributed by atoms with Crippen LogP contribution < -0.4 is 17.6 Å². The van der Waals surface area contributed by atoms with Gasteiger partial charge in [-0.25, -0.2) is 0 Å². The Morgan fingerprint density at radius 2 is 0.842 bits per heavy atom. The molecule has 8 aromatic carbocycles. The van der Waals surface area contributed by atoms with Crippen LogP contribution in [0.25, 0.3) is 77.8 Å². The van der Waals surface area contributed by atoms with Gasteiger partial charge in [0.15, 0.2) is 0 Å². The van der Waals surface area contributed by atoms with Crippen LogP contribution >= 0.6 is 0 Å². The van der Waals surface area contributed by atoms with Crippen LogP contribution in [0.1, 0.15) is 0 Å². The van der Waals surface area contributed by atoms with Crippen LogP contribution in [-0.2, 0) is 0 Å². The molecular formula is C52H34GeN4. The number of fused-ring (bicyclic) bond motifs is 10. The minimum absolute atomic E-state index is 0.672. The molecule has 11 aromatic rings. The van der Waals surface area contributed by atoms with Crippen molar-refractivity contribution in [3.63, 3.8) is 0 Å². The van der Waals surface area contributed by atoms with Crippen molar-refractivity contribution in [2.75, 3.05) is 0 Å². The molecule has 1 aliphatic rings. The first-order chi connectivity index (χ1) is 28.3. The van der Waals surface area contributed by atoms with Crippen molar-refractivity contribution >= 4 is 74.5 Å². The Morgan fingerprint density at radius 1 is 0.368 bits per heavy atom. The molecule has 5 heteroatoms. The number of para-hydroxylation sites is 3. The third-order valence-corrected chi connectivity index (χ3v) is 22.2. The number of hydrogen-bond acceptors (Lipinski definition) is 2. The van der Waals surface area contributed by atoms with Gasteiger partial charge < -0.3 is 0 Å². The molecule has 0 aliphatic carbocycles. The maximum atomic E-state index is 5.84. The van der Waals surface area contributed by atoms with E-state index >= 15 is 0 Å². The zero-order chi connectivity index (χ0) is 37.5. The van der Waals surface area contributed by atoms with Crippen LogP contribution in [0.15, 0.2) is 206 Å². The first-order valence-corrected chi connectivity index (χ1v) is 23.7. The summed E-state index contributed by atoms with van der Waals surface area (Å²) in [5.41, 5.74) is 9.92. The maximum absolute atomic E-state index is 5.84. The average molecular weight is 787 g/mol. The van der Waals surface area contributed by atoms with Gasteiger partial charge in [0.2, 0.25) is 0 Å². The Labute approximate surface area is 332 Å². The number of benzene rings is 8. The van der Waals surface area contributed by atoms with Crippen LogP contribution in [-0.4, -0.2) is 32.4 Å². The fraction of sp³-hybridized carbons (Fsp3) is 0. The fourth-order valence-corrected chi connectivity index (χ4v) is 20.7. The Kier molecular flexibility index (Phi) is 7.07. The van der Waals surface area contributed by atoms with Crippen molar-refractivity contribution in [2.24, 2.45) is 0 Å². The van der Waals surface area contributed by atoms with Gasteiger partial charge in [-0.3, -0.25) is 0 Å². The summed E-state index contributed by atoms with van der Waals surface area (Å²) < 4.78 is 10.2. The van der Waals surface area contributed by atoms with Crippen molar-refractivity contribution in [2.45, 2.75) is 0 Å². The molecule has 0 N–H and O–H groups in total. The molecule has 1 aliphatic heterocycles. The van der Waals surface area contributed by atoms with Gasteiger partial charge in [-0.1, -0.05) is 0 Å². The van der Waals surface area contributed by atoms with Crippen molar-refractivity contribution in [3.05, 3.63) is 206 Å². The molecule has 4 heterocycles. The molecular weight excluding hydrogens is 753 g/mol. The summed E-state index contributed by atoms with van der Waals surface area (Å²) in [5.74, 6) is 0.672. The third-order valence-electron chi connectivity index (χ3n) is 12.0. The predicted octanol–water partition coefficient (Wildman–Crippen LogP) is 9.70. The molecule has 0 unspecified atom stereocenters. The quantitative estimate of drug-likeness (QED) is 0.163. The van der Waals surface area contributed by atoms with Gasteiger partial charge in [0.05, 0.1) is 0 Å². The van der Waals surface area contributed by atoms with Crippen molar-refractivity contribution in [1.29, 1.82) is 0 Å². The van der Waals surface area contributed by atoms with Gasteiger partial charge in [-0.2, -0.15) is 0 Å². The summed E-state index contributed by atoms with van der Waals surface area (Å²) in [4.78, 5) is 11.7.